The van der Waals surface area contributed by atoms with Crippen molar-refractivity contribution in [3.8, 4) is 0 Å². The van der Waals surface area contributed by atoms with Gasteiger partial charge in [0.15, 0.2) is 11.0 Å². The minimum absolute atomic E-state index is 0.108. The van der Waals surface area contributed by atoms with Gasteiger partial charge >= 0.3 is 6.18 Å². The Hall–Kier alpha value is -2.63. The molecule has 2 unspecified atom stereocenters. The molecule has 2 aromatic carbocycles. The first-order valence-electron chi connectivity index (χ1n) is 13.3. The van der Waals surface area contributed by atoms with E-state index in [4.69, 9.17) is 11.6 Å². The largest absolute Gasteiger partial charge is 0.418 e. The summed E-state index contributed by atoms with van der Waals surface area (Å²) in [6.45, 7) is -0.422. The van der Waals surface area contributed by atoms with E-state index in [0.29, 0.717) is 16.5 Å². The van der Waals surface area contributed by atoms with Crippen LogP contribution < -0.4 is 9.62 Å². The molecule has 1 saturated carbocycles. The number of nitrogens with one attached hydrogen (secondary N) is 1. The molecular weight excluding hydrogens is 598 g/mol. The van der Waals surface area contributed by atoms with Crippen molar-refractivity contribution in [1.29, 1.82) is 0 Å². The van der Waals surface area contributed by atoms with Crippen LogP contribution in [0.15, 0.2) is 59.6 Å². The number of pyridine rings is 1. The van der Waals surface area contributed by atoms with Crippen LogP contribution in [0.1, 0.15) is 52.9 Å². The normalized spacial score (nSPS) is 20.6. The molecule has 12 heteroatoms. The van der Waals surface area contributed by atoms with Crippen LogP contribution in [0, 0.1) is 11.7 Å². The number of nitrogens with zero attached hydrogens (tertiary/aromatic N) is 2. The van der Waals surface area contributed by atoms with Gasteiger partial charge in [0, 0.05) is 17.2 Å². The van der Waals surface area contributed by atoms with Crippen molar-refractivity contribution >= 4 is 45.9 Å². The van der Waals surface area contributed by atoms with Gasteiger partial charge < -0.3 is 5.32 Å². The number of rotatable bonds is 6. The molecule has 1 aromatic heterocycles. The van der Waals surface area contributed by atoms with E-state index in [0.717, 1.165) is 48.8 Å². The molecule has 1 N–H and O–H groups in total. The summed E-state index contributed by atoms with van der Waals surface area (Å²) in [6, 6.07) is 10.9. The molecule has 2 atom stereocenters. The lowest BCUT2D eigenvalue weighted by atomic mass is 9.70. The topological polar surface area (TPSA) is 62.3 Å². The monoisotopic (exact) mass is 623 g/mol. The zero-order chi connectivity index (χ0) is 28.9. The maximum absolute atomic E-state index is 14.1. The third-order valence-electron chi connectivity index (χ3n) is 8.18. The van der Waals surface area contributed by atoms with Gasteiger partial charge in [0.05, 0.1) is 45.0 Å². The van der Waals surface area contributed by atoms with Gasteiger partial charge in [0.2, 0.25) is 0 Å². The zero-order valence-corrected chi connectivity index (χ0v) is 24.1. The van der Waals surface area contributed by atoms with Gasteiger partial charge in [-0.3, -0.25) is 14.1 Å². The third-order valence-corrected chi connectivity index (χ3v) is 11.0. The predicted molar refractivity (Wildman–Crippen MR) is 152 cm³/mol. The van der Waals surface area contributed by atoms with Crippen LogP contribution in [0.4, 0.5) is 23.2 Å². The number of halogens is 5. The maximum Gasteiger partial charge on any atom is 0.418 e. The molecule has 2 fully saturated rings. The lowest BCUT2D eigenvalue weighted by molar-refractivity contribution is -0.138. The molecule has 3 aromatic rings. The predicted octanol–water partition coefficient (Wildman–Crippen LogP) is 6.91. The highest BCUT2D eigenvalue weighted by Gasteiger charge is 2.59. The first kappa shape index (κ1) is 28.5. The van der Waals surface area contributed by atoms with Crippen LogP contribution >= 0.6 is 23.4 Å². The average molecular weight is 624 g/mol. The van der Waals surface area contributed by atoms with E-state index in [9.17, 15) is 26.6 Å². The number of aromatic nitrogens is 1. The van der Waals surface area contributed by atoms with Crippen molar-refractivity contribution in [2.24, 2.45) is 5.92 Å². The number of benzene rings is 2. The second-order valence-corrected chi connectivity index (χ2v) is 13.5. The van der Waals surface area contributed by atoms with Crippen molar-refractivity contribution in [2.45, 2.75) is 54.8 Å². The molecule has 5 nitrogen and oxygen atoms in total. The highest BCUT2D eigenvalue weighted by Crippen LogP contribution is 2.61. The fourth-order valence-electron chi connectivity index (χ4n) is 6.21. The number of thioether (sulfide) groups is 1. The molecule has 3 heterocycles. The van der Waals surface area contributed by atoms with Crippen LogP contribution in [0.25, 0.3) is 0 Å². The van der Waals surface area contributed by atoms with Crippen LogP contribution in [-0.4, -0.2) is 32.6 Å². The van der Waals surface area contributed by atoms with Gasteiger partial charge in [0.1, 0.15) is 5.82 Å². The molecule has 2 aliphatic heterocycles. The molecule has 6 rings (SSSR count). The molecule has 1 saturated heterocycles. The quantitative estimate of drug-likeness (QED) is 0.303. The van der Waals surface area contributed by atoms with Gasteiger partial charge in [-0.15, -0.1) is 0 Å². The van der Waals surface area contributed by atoms with Gasteiger partial charge in [-0.2, -0.15) is 24.9 Å². The molecule has 1 spiro atoms. The number of carbonyl (C=O) groups excluding carboxylic acids is 1. The fraction of sp³-hybridized carbons (Fsp3) is 0.379. The number of hydrogen-bond donors (Lipinski definition) is 1. The van der Waals surface area contributed by atoms with Gasteiger partial charge in [-0.1, -0.05) is 11.6 Å². The van der Waals surface area contributed by atoms with Crippen molar-refractivity contribution < 1.29 is 26.6 Å². The molecule has 0 bridgehead atoms. The number of amides is 1. The van der Waals surface area contributed by atoms with E-state index in [1.807, 2.05) is 16.1 Å². The number of carbonyl (C=O) groups is 1. The molecule has 1 amide bonds. The Morgan fingerprint density at radius 3 is 2.49 bits per heavy atom. The molecule has 0 radical (unpaired) electrons. The fourth-order valence-corrected chi connectivity index (χ4v) is 9.37. The number of hydrogen-bond acceptors (Lipinski definition) is 4. The van der Waals surface area contributed by atoms with E-state index in [-0.39, 0.29) is 22.3 Å². The number of fused-ring (bicyclic) bond motifs is 2. The minimum atomic E-state index is -4.60. The highest BCUT2D eigenvalue weighted by molar-refractivity contribution is 7.99. The SMILES string of the molecule is O=C(NCc1ncccc1C(F)(F)F)c1ccc2c(c1Cl)C1(CCSCC1)C(C1CC1)N2S(=O)c1ccc(F)cc1. The van der Waals surface area contributed by atoms with Crippen LogP contribution in [-0.2, 0) is 29.1 Å². The Kier molecular flexibility index (Phi) is 7.57. The zero-order valence-electron chi connectivity index (χ0n) is 21.7. The minimum Gasteiger partial charge on any atom is -0.346 e. The summed E-state index contributed by atoms with van der Waals surface area (Å²) in [4.78, 5) is 17.6. The summed E-state index contributed by atoms with van der Waals surface area (Å²) in [5, 5.41) is 2.79. The number of anilines is 1. The average Bonchev–Trinajstić information content (AvgIpc) is 3.75. The van der Waals surface area contributed by atoms with E-state index in [1.54, 1.807) is 6.07 Å². The first-order chi connectivity index (χ1) is 19.6. The van der Waals surface area contributed by atoms with Crippen LogP contribution in [0.2, 0.25) is 5.02 Å². The smallest absolute Gasteiger partial charge is 0.346 e. The molecule has 1 aliphatic carbocycles. The van der Waals surface area contributed by atoms with Gasteiger partial charge in [-0.05, 0) is 91.6 Å². The van der Waals surface area contributed by atoms with Gasteiger partial charge in [0.25, 0.3) is 5.91 Å². The van der Waals surface area contributed by atoms with Crippen molar-refractivity contribution in [1.82, 2.24) is 10.3 Å². The van der Waals surface area contributed by atoms with Crippen molar-refractivity contribution in [2.75, 3.05) is 15.8 Å². The van der Waals surface area contributed by atoms with Gasteiger partial charge in [-0.25, -0.2) is 8.60 Å². The molecular formula is C29H26ClF4N3O2S2. The first-order valence-corrected chi connectivity index (χ1v) is 15.9. The Morgan fingerprint density at radius 1 is 1.12 bits per heavy atom. The lowest BCUT2D eigenvalue weighted by Gasteiger charge is -2.42. The Morgan fingerprint density at radius 2 is 1.83 bits per heavy atom. The summed E-state index contributed by atoms with van der Waals surface area (Å²) in [6.07, 6.45) is 0.194. The van der Waals surface area contributed by atoms with E-state index in [2.05, 4.69) is 10.3 Å². The maximum atomic E-state index is 14.1. The van der Waals surface area contributed by atoms with Crippen LogP contribution in [0.3, 0.4) is 0 Å². The second kappa shape index (κ2) is 10.9. The third kappa shape index (κ3) is 5.14. The van der Waals surface area contributed by atoms with Crippen molar-refractivity contribution in [3.05, 3.63) is 88.0 Å². The molecule has 41 heavy (non-hydrogen) atoms. The second-order valence-electron chi connectivity index (χ2n) is 10.6. The molecule has 3 aliphatic rings. The van der Waals surface area contributed by atoms with Crippen molar-refractivity contribution in [3.63, 3.8) is 0 Å². The summed E-state index contributed by atoms with van der Waals surface area (Å²) >= 11 is 8.89. The van der Waals surface area contributed by atoms with E-state index in [1.165, 1.54) is 42.6 Å². The standard InChI is InChI=1S/C29H26ClF4N3O2S2/c30-25-20(27(38)36-16-22-21(29(32,33)34)2-1-13-35-22)9-10-23-24(25)28(11-14-40-15-12-28)26(17-3-4-17)37(23)41(39)19-7-5-18(31)6-8-19/h1-2,5-10,13,17,26H,3-4,11-12,14-16H2,(H,36,38). The molecule has 216 valence electrons. The number of alkyl halides is 3. The summed E-state index contributed by atoms with van der Waals surface area (Å²) < 4.78 is 70.0. The summed E-state index contributed by atoms with van der Waals surface area (Å²) in [5.41, 5.74) is -0.0342. The highest BCUT2D eigenvalue weighted by atomic mass is 35.5. The Balaban J connectivity index is 1.39. The lowest BCUT2D eigenvalue weighted by Crippen LogP contribution is -2.49. The van der Waals surface area contributed by atoms with Crippen LogP contribution in [0.5, 0.6) is 0 Å². The van der Waals surface area contributed by atoms with E-state index >= 15 is 0 Å². The summed E-state index contributed by atoms with van der Waals surface area (Å²) in [7, 11) is -1.65. The summed E-state index contributed by atoms with van der Waals surface area (Å²) in [5.74, 6) is 1.03. The van der Waals surface area contributed by atoms with E-state index < -0.39 is 46.4 Å². The Bertz CT molecular complexity index is 1510. The Labute approximate surface area is 246 Å².